The lowest BCUT2D eigenvalue weighted by Crippen LogP contribution is -2.38. The third-order valence-electron chi connectivity index (χ3n) is 3.39. The number of hydrogen-bond acceptors (Lipinski definition) is 1. The monoisotopic (exact) mass is 219 g/mol. The maximum absolute atomic E-state index is 6.38. The van der Waals surface area contributed by atoms with E-state index in [1.54, 1.807) is 0 Å². The van der Waals surface area contributed by atoms with Gasteiger partial charge in [-0.2, -0.15) is 0 Å². The van der Waals surface area contributed by atoms with E-state index >= 15 is 0 Å². The van der Waals surface area contributed by atoms with Crippen molar-refractivity contribution in [3.05, 3.63) is 35.4 Å². The van der Waals surface area contributed by atoms with E-state index < -0.39 is 0 Å². The van der Waals surface area contributed by atoms with Gasteiger partial charge in [0.1, 0.15) is 0 Å². The first kappa shape index (κ1) is 13.2. The van der Waals surface area contributed by atoms with Gasteiger partial charge in [-0.3, -0.25) is 0 Å². The summed E-state index contributed by atoms with van der Waals surface area (Å²) in [7, 11) is 0. The smallest absolute Gasteiger partial charge is 0.0404 e. The van der Waals surface area contributed by atoms with E-state index in [0.29, 0.717) is 11.8 Å². The Morgan fingerprint density at radius 3 is 2.31 bits per heavy atom. The Bertz CT molecular complexity index is 337. The molecule has 0 heterocycles. The molecule has 16 heavy (non-hydrogen) atoms. The molecule has 0 aliphatic rings. The van der Waals surface area contributed by atoms with Crippen molar-refractivity contribution in [2.75, 3.05) is 0 Å². The van der Waals surface area contributed by atoms with Crippen molar-refractivity contribution in [2.24, 2.45) is 17.6 Å². The first-order valence-corrected chi connectivity index (χ1v) is 6.22. The van der Waals surface area contributed by atoms with Gasteiger partial charge in [0, 0.05) is 5.54 Å². The summed E-state index contributed by atoms with van der Waals surface area (Å²) in [6, 6.07) is 8.73. The highest BCUT2D eigenvalue weighted by molar-refractivity contribution is 5.29. The summed E-state index contributed by atoms with van der Waals surface area (Å²) in [4.78, 5) is 0. The summed E-state index contributed by atoms with van der Waals surface area (Å²) in [5, 5.41) is 0. The highest BCUT2D eigenvalue weighted by Gasteiger charge is 2.25. The fraction of sp³-hybridized carbons (Fsp3) is 0.600. The molecule has 1 unspecified atom stereocenters. The Balaban J connectivity index is 2.98. The Morgan fingerprint density at radius 1 is 1.19 bits per heavy atom. The van der Waals surface area contributed by atoms with Crippen LogP contribution in [0.2, 0.25) is 0 Å². The Labute approximate surface area is 100 Å². The molecule has 0 aliphatic carbocycles. The van der Waals surface area contributed by atoms with E-state index in [1.807, 2.05) is 0 Å². The summed E-state index contributed by atoms with van der Waals surface area (Å²) in [6.07, 6.45) is 1.13. The molecule has 90 valence electrons. The van der Waals surface area contributed by atoms with Crippen LogP contribution in [0.1, 0.15) is 45.7 Å². The topological polar surface area (TPSA) is 26.0 Å². The third kappa shape index (κ3) is 3.08. The van der Waals surface area contributed by atoms with Crippen LogP contribution < -0.4 is 5.73 Å². The predicted molar refractivity (Wildman–Crippen MR) is 71.4 cm³/mol. The average molecular weight is 219 g/mol. The first-order valence-electron chi connectivity index (χ1n) is 6.22. The normalized spacial score (nSPS) is 15.5. The highest BCUT2D eigenvalue weighted by Crippen LogP contribution is 2.27. The van der Waals surface area contributed by atoms with Gasteiger partial charge in [-0.05, 0) is 36.3 Å². The van der Waals surface area contributed by atoms with Gasteiger partial charge in [-0.1, -0.05) is 52.0 Å². The Hall–Kier alpha value is -0.820. The number of hydrogen-bond donors (Lipinski definition) is 1. The highest BCUT2D eigenvalue weighted by atomic mass is 14.7. The lowest BCUT2D eigenvalue weighted by Gasteiger charge is -2.30. The fourth-order valence-electron chi connectivity index (χ4n) is 1.84. The van der Waals surface area contributed by atoms with E-state index in [1.165, 1.54) is 11.1 Å². The van der Waals surface area contributed by atoms with Crippen LogP contribution >= 0.6 is 0 Å². The third-order valence-corrected chi connectivity index (χ3v) is 3.39. The predicted octanol–water partition coefficient (Wildman–Crippen LogP) is 3.72. The molecule has 1 heteroatoms. The van der Waals surface area contributed by atoms with Crippen LogP contribution in [0, 0.1) is 11.8 Å². The summed E-state index contributed by atoms with van der Waals surface area (Å²) < 4.78 is 0. The van der Waals surface area contributed by atoms with E-state index in [9.17, 15) is 0 Å². The first-order chi connectivity index (χ1) is 7.34. The molecule has 2 N–H and O–H groups in total. The molecule has 0 saturated carbocycles. The zero-order valence-corrected chi connectivity index (χ0v) is 11.2. The molecule has 1 aromatic carbocycles. The second-order valence-corrected chi connectivity index (χ2v) is 5.74. The lowest BCUT2D eigenvalue weighted by atomic mass is 9.81. The molecular formula is C15H25N. The van der Waals surface area contributed by atoms with Crippen molar-refractivity contribution in [1.29, 1.82) is 0 Å². The van der Waals surface area contributed by atoms with Gasteiger partial charge < -0.3 is 5.73 Å². The van der Waals surface area contributed by atoms with Crippen molar-refractivity contribution in [3.63, 3.8) is 0 Å². The summed E-state index contributed by atoms with van der Waals surface area (Å²) >= 11 is 0. The minimum atomic E-state index is -0.229. The molecule has 1 aromatic rings. The van der Waals surface area contributed by atoms with Crippen molar-refractivity contribution in [2.45, 2.75) is 46.6 Å². The van der Waals surface area contributed by atoms with Gasteiger partial charge in [-0.15, -0.1) is 0 Å². The molecule has 1 rings (SSSR count). The number of nitrogens with two attached hydrogens (primary N) is 1. The van der Waals surface area contributed by atoms with Crippen molar-refractivity contribution in [1.82, 2.24) is 0 Å². The van der Waals surface area contributed by atoms with Gasteiger partial charge in [0.05, 0.1) is 0 Å². The van der Waals surface area contributed by atoms with Crippen LogP contribution in [0.15, 0.2) is 24.3 Å². The van der Waals surface area contributed by atoms with Gasteiger partial charge in [-0.25, -0.2) is 0 Å². The molecule has 0 spiro atoms. The fourth-order valence-corrected chi connectivity index (χ4v) is 1.84. The van der Waals surface area contributed by atoms with Crippen LogP contribution in [0.4, 0.5) is 0 Å². The lowest BCUT2D eigenvalue weighted by molar-refractivity contribution is 0.350. The van der Waals surface area contributed by atoms with E-state index in [2.05, 4.69) is 58.9 Å². The maximum atomic E-state index is 6.38. The quantitative estimate of drug-likeness (QED) is 0.820. The zero-order chi connectivity index (χ0) is 12.3. The van der Waals surface area contributed by atoms with Crippen molar-refractivity contribution >= 4 is 0 Å². The average Bonchev–Trinajstić information content (AvgIpc) is 2.16. The van der Waals surface area contributed by atoms with Crippen LogP contribution in [0.3, 0.4) is 0 Å². The summed E-state index contributed by atoms with van der Waals surface area (Å²) in [5.41, 5.74) is 8.80. The van der Waals surface area contributed by atoms with Crippen molar-refractivity contribution in [3.8, 4) is 0 Å². The molecule has 0 saturated heterocycles. The van der Waals surface area contributed by atoms with E-state index in [4.69, 9.17) is 5.73 Å². The number of benzene rings is 1. The maximum Gasteiger partial charge on any atom is 0.0404 e. The zero-order valence-electron chi connectivity index (χ0n) is 11.2. The molecule has 0 amide bonds. The number of rotatable bonds is 4. The standard InChI is InChI=1S/C15H25N/c1-11(2)9-13-7-6-8-14(10-13)15(5,16)12(3)4/h6-8,10-12H,9,16H2,1-5H3. The van der Waals surface area contributed by atoms with Crippen LogP contribution in [-0.4, -0.2) is 0 Å². The summed E-state index contributed by atoms with van der Waals surface area (Å²) in [5.74, 6) is 1.14. The second kappa shape index (κ2) is 5.01. The Morgan fingerprint density at radius 2 is 1.81 bits per heavy atom. The molecule has 0 aromatic heterocycles. The molecule has 0 bridgehead atoms. The SMILES string of the molecule is CC(C)Cc1cccc(C(C)(N)C(C)C)c1. The molecule has 1 atom stereocenters. The van der Waals surface area contributed by atoms with Gasteiger partial charge in [0.25, 0.3) is 0 Å². The molecular weight excluding hydrogens is 194 g/mol. The summed E-state index contributed by atoms with van der Waals surface area (Å²) in [6.45, 7) is 11.0. The van der Waals surface area contributed by atoms with E-state index in [0.717, 1.165) is 6.42 Å². The van der Waals surface area contributed by atoms with Gasteiger partial charge >= 0.3 is 0 Å². The Kier molecular flexibility index (Phi) is 4.15. The largest absolute Gasteiger partial charge is 0.321 e. The van der Waals surface area contributed by atoms with Gasteiger partial charge in [0.2, 0.25) is 0 Å². The van der Waals surface area contributed by atoms with Crippen LogP contribution in [0.25, 0.3) is 0 Å². The van der Waals surface area contributed by atoms with Crippen molar-refractivity contribution < 1.29 is 0 Å². The molecule has 0 radical (unpaired) electrons. The molecule has 0 aliphatic heterocycles. The molecule has 0 fully saturated rings. The second-order valence-electron chi connectivity index (χ2n) is 5.74. The molecule has 1 nitrogen and oxygen atoms in total. The van der Waals surface area contributed by atoms with Crippen LogP contribution in [0.5, 0.6) is 0 Å². The minimum absolute atomic E-state index is 0.229. The van der Waals surface area contributed by atoms with Crippen LogP contribution in [-0.2, 0) is 12.0 Å². The van der Waals surface area contributed by atoms with E-state index in [-0.39, 0.29) is 5.54 Å². The van der Waals surface area contributed by atoms with Gasteiger partial charge in [0.15, 0.2) is 0 Å². The minimum Gasteiger partial charge on any atom is -0.321 e.